The predicted molar refractivity (Wildman–Crippen MR) is 200 cm³/mol. The summed E-state index contributed by atoms with van der Waals surface area (Å²) in [5.74, 6) is -1.62. The number of rotatable bonds is 20. The second kappa shape index (κ2) is 20.8. The first-order valence-electron chi connectivity index (χ1n) is 18.7. The van der Waals surface area contributed by atoms with Crippen LogP contribution in [0, 0.1) is 23.7 Å². The van der Waals surface area contributed by atoms with Crippen molar-refractivity contribution in [1.82, 2.24) is 25.8 Å². The van der Waals surface area contributed by atoms with Crippen molar-refractivity contribution in [3.05, 3.63) is 35.9 Å². The first-order chi connectivity index (χ1) is 24.0. The van der Waals surface area contributed by atoms with Crippen molar-refractivity contribution in [2.75, 3.05) is 34.9 Å². The van der Waals surface area contributed by atoms with E-state index < -0.39 is 48.4 Å². The Kier molecular flexibility index (Phi) is 18.0. The number of likely N-dealkylation sites (N-methyl/N-ethyl adjacent to an activating group) is 2. The molecule has 1 heterocycles. The highest BCUT2D eigenvalue weighted by atomic mass is 16.5. The Morgan fingerprint density at radius 2 is 1.53 bits per heavy atom. The number of carbonyl (C=O) groups excluding carboxylic acids is 4. The molecule has 2 rings (SSSR count). The van der Waals surface area contributed by atoms with E-state index in [4.69, 9.17) is 9.47 Å². The monoisotopic (exact) mass is 718 g/mol. The van der Waals surface area contributed by atoms with Crippen molar-refractivity contribution in [3.8, 4) is 0 Å². The predicted octanol–water partition coefficient (Wildman–Crippen LogP) is 3.53. The number of carbonyl (C=O) groups is 4. The molecule has 0 aromatic heterocycles. The van der Waals surface area contributed by atoms with Crippen LogP contribution in [0.4, 0.5) is 0 Å². The highest BCUT2D eigenvalue weighted by Gasteiger charge is 2.43. The van der Waals surface area contributed by atoms with Gasteiger partial charge in [0.15, 0.2) is 0 Å². The van der Waals surface area contributed by atoms with Gasteiger partial charge in [0.05, 0.1) is 54.8 Å². The molecular weight excluding hydrogens is 650 g/mol. The number of hydrogen-bond acceptors (Lipinski definition) is 8. The zero-order chi connectivity index (χ0) is 38.6. The third kappa shape index (κ3) is 11.5. The van der Waals surface area contributed by atoms with E-state index in [9.17, 15) is 24.3 Å². The van der Waals surface area contributed by atoms with Crippen molar-refractivity contribution < 1.29 is 33.8 Å². The Hall–Kier alpha value is -3.06. The molecule has 4 N–H and O–H groups in total. The highest BCUT2D eigenvalue weighted by Crippen LogP contribution is 2.30. The average molecular weight is 718 g/mol. The number of benzene rings is 1. The number of ether oxygens (including phenoxy) is 2. The number of aliphatic hydroxyl groups is 1. The van der Waals surface area contributed by atoms with Crippen LogP contribution in [0.25, 0.3) is 0 Å². The molecule has 0 radical (unpaired) electrons. The number of aliphatic hydroxyl groups excluding tert-OH is 1. The molecule has 1 saturated heterocycles. The van der Waals surface area contributed by atoms with Crippen molar-refractivity contribution in [2.24, 2.45) is 23.7 Å². The second-order valence-corrected chi connectivity index (χ2v) is 15.0. The molecule has 1 aromatic carbocycles. The average Bonchev–Trinajstić information content (AvgIpc) is 3.59. The van der Waals surface area contributed by atoms with Crippen LogP contribution in [0.5, 0.6) is 0 Å². The maximum absolute atomic E-state index is 14.1. The van der Waals surface area contributed by atoms with Gasteiger partial charge in [-0.05, 0) is 50.1 Å². The van der Waals surface area contributed by atoms with E-state index in [1.807, 2.05) is 71.9 Å². The summed E-state index contributed by atoms with van der Waals surface area (Å²) >= 11 is 0. The molecule has 0 bridgehead atoms. The molecule has 1 fully saturated rings. The highest BCUT2D eigenvalue weighted by molar-refractivity contribution is 5.90. The summed E-state index contributed by atoms with van der Waals surface area (Å²) in [5, 5.41) is 19.8. The number of likely N-dealkylation sites (tertiary alicyclic amines) is 1. The van der Waals surface area contributed by atoms with Gasteiger partial charge in [-0.1, -0.05) is 85.2 Å². The number of nitrogens with zero attached hydrogens (tertiary/aromatic N) is 2. The number of hydrogen-bond donors (Lipinski definition) is 4. The summed E-state index contributed by atoms with van der Waals surface area (Å²) in [4.78, 5) is 58.3. The largest absolute Gasteiger partial charge is 0.386 e. The smallest absolute Gasteiger partial charge is 0.245 e. The normalized spacial score (nSPS) is 20.1. The van der Waals surface area contributed by atoms with Gasteiger partial charge in [-0.25, -0.2) is 0 Å². The second-order valence-electron chi connectivity index (χ2n) is 15.0. The minimum Gasteiger partial charge on any atom is -0.386 e. The van der Waals surface area contributed by atoms with E-state index in [0.29, 0.717) is 18.5 Å². The molecule has 1 aromatic rings. The van der Waals surface area contributed by atoms with Crippen LogP contribution < -0.4 is 16.0 Å². The zero-order valence-corrected chi connectivity index (χ0v) is 33.1. The molecule has 1 unspecified atom stereocenters. The fourth-order valence-corrected chi connectivity index (χ4v) is 7.42. The SMILES string of the molecule is CC[C@H](C)[C@@H]([C@@H](CC(=O)N1CCC[C@H]1[C@H](OC)[C@@H](C)C(=O)N[C@H](C)[C@H](O)c1ccccc1)OC)N(C)C(=O)[C@@H](NC(=O)C(NC)C(C)C)C(C)C. The lowest BCUT2D eigenvalue weighted by molar-refractivity contribution is -0.148. The lowest BCUT2D eigenvalue weighted by Gasteiger charge is -2.41. The van der Waals surface area contributed by atoms with Gasteiger partial charge in [-0.2, -0.15) is 0 Å². The van der Waals surface area contributed by atoms with Crippen molar-refractivity contribution in [3.63, 3.8) is 0 Å². The molecule has 1 aliphatic rings. The third-order valence-corrected chi connectivity index (χ3v) is 10.7. The summed E-state index contributed by atoms with van der Waals surface area (Å²) < 4.78 is 11.9. The van der Waals surface area contributed by atoms with Crippen molar-refractivity contribution in [1.29, 1.82) is 0 Å². The Morgan fingerprint density at radius 3 is 2.04 bits per heavy atom. The number of methoxy groups -OCH3 is 2. The lowest BCUT2D eigenvalue weighted by atomic mass is 9.89. The molecule has 12 nitrogen and oxygen atoms in total. The van der Waals surface area contributed by atoms with Gasteiger partial charge in [-0.3, -0.25) is 19.2 Å². The van der Waals surface area contributed by atoms with Crippen molar-refractivity contribution >= 4 is 23.6 Å². The fraction of sp³-hybridized carbons (Fsp3) is 0.744. The van der Waals surface area contributed by atoms with E-state index in [-0.39, 0.29) is 53.8 Å². The minimum atomic E-state index is -0.875. The number of nitrogens with one attached hydrogen (secondary N) is 3. The van der Waals surface area contributed by atoms with Crippen LogP contribution in [-0.2, 0) is 28.7 Å². The van der Waals surface area contributed by atoms with Gasteiger partial charge >= 0.3 is 0 Å². The standard InChI is InChI=1S/C39H67N5O7/c1-13-25(6)34(43(10)39(49)33(24(4)5)42-38(48)32(40-9)23(2)3)30(50-11)22-31(45)44-21-17-20-29(44)36(51-12)26(7)37(47)41-27(8)35(46)28-18-15-14-16-19-28/h14-16,18-19,23-27,29-30,32-36,40,46H,13,17,20-22H2,1-12H3,(H,41,47)(H,42,48)/t25-,26+,27+,29-,30+,32?,33-,34-,35-,36+/m0/s1. The third-order valence-electron chi connectivity index (χ3n) is 10.7. The van der Waals surface area contributed by atoms with Gasteiger partial charge in [0.2, 0.25) is 23.6 Å². The van der Waals surface area contributed by atoms with E-state index in [1.54, 1.807) is 52.0 Å². The van der Waals surface area contributed by atoms with Crippen LogP contribution in [0.2, 0.25) is 0 Å². The lowest BCUT2D eigenvalue weighted by Crippen LogP contribution is -2.59. The minimum absolute atomic E-state index is 0.0148. The van der Waals surface area contributed by atoms with Crippen LogP contribution in [0.1, 0.15) is 92.7 Å². The molecule has 1 aliphatic heterocycles. The quantitative estimate of drug-likeness (QED) is 0.160. The summed E-state index contributed by atoms with van der Waals surface area (Å²) in [6, 6.07) is 6.67. The molecule has 290 valence electrons. The Bertz CT molecular complexity index is 1250. The maximum Gasteiger partial charge on any atom is 0.245 e. The van der Waals surface area contributed by atoms with E-state index in [0.717, 1.165) is 12.8 Å². The molecule has 4 amide bonds. The summed E-state index contributed by atoms with van der Waals surface area (Å²) in [7, 11) is 6.57. The molecule has 0 saturated carbocycles. The van der Waals surface area contributed by atoms with E-state index in [2.05, 4.69) is 16.0 Å². The van der Waals surface area contributed by atoms with Crippen LogP contribution >= 0.6 is 0 Å². The first-order valence-corrected chi connectivity index (χ1v) is 18.7. The summed E-state index contributed by atoms with van der Waals surface area (Å²) in [5.41, 5.74) is 0.711. The number of amides is 4. The van der Waals surface area contributed by atoms with Gasteiger partial charge < -0.3 is 40.3 Å². The van der Waals surface area contributed by atoms with Gasteiger partial charge in [0.1, 0.15) is 6.04 Å². The molecule has 12 heteroatoms. The Labute approximate surface area is 306 Å². The Balaban J connectivity index is 2.24. The fourth-order valence-electron chi connectivity index (χ4n) is 7.42. The topological polar surface area (TPSA) is 150 Å². The zero-order valence-electron chi connectivity index (χ0n) is 33.1. The van der Waals surface area contributed by atoms with Crippen LogP contribution in [0.15, 0.2) is 30.3 Å². The molecular formula is C39H67N5O7. The van der Waals surface area contributed by atoms with Gasteiger partial charge in [-0.15, -0.1) is 0 Å². The maximum atomic E-state index is 14.1. The van der Waals surface area contributed by atoms with Crippen LogP contribution in [-0.4, -0.2) is 116 Å². The van der Waals surface area contributed by atoms with E-state index in [1.165, 1.54) is 0 Å². The van der Waals surface area contributed by atoms with Crippen LogP contribution in [0.3, 0.4) is 0 Å². The molecule has 51 heavy (non-hydrogen) atoms. The molecule has 0 spiro atoms. The summed E-state index contributed by atoms with van der Waals surface area (Å²) in [6.07, 6.45) is 0.147. The van der Waals surface area contributed by atoms with Gasteiger partial charge in [0.25, 0.3) is 0 Å². The van der Waals surface area contributed by atoms with Crippen molar-refractivity contribution in [2.45, 2.75) is 130 Å². The van der Waals surface area contributed by atoms with E-state index >= 15 is 0 Å². The summed E-state index contributed by atoms with van der Waals surface area (Å²) in [6.45, 7) is 15.9. The molecule has 10 atom stereocenters. The molecule has 0 aliphatic carbocycles. The van der Waals surface area contributed by atoms with Gasteiger partial charge in [0, 0.05) is 27.8 Å². The Morgan fingerprint density at radius 1 is 0.922 bits per heavy atom. The first kappa shape index (κ1) is 44.1.